The molecule has 0 aliphatic heterocycles. The smallest absolute Gasteiger partial charge is 0.433 e. The molecule has 0 saturated carbocycles. The third-order valence-electron chi connectivity index (χ3n) is 2.97. The van der Waals surface area contributed by atoms with E-state index in [1.807, 2.05) is 52.4 Å². The number of hydrogen-bond acceptors (Lipinski definition) is 5. The maximum Gasteiger partial charge on any atom is 0.469 e. The second-order valence-corrected chi connectivity index (χ2v) is 33.2. The van der Waals surface area contributed by atoms with Gasteiger partial charge < -0.3 is 24.2 Å². The second-order valence-electron chi connectivity index (χ2n) is 13.2. The largest absolute Gasteiger partial charge is 0.469 e. The summed E-state index contributed by atoms with van der Waals surface area (Å²) < 4.78 is 15.1. The van der Waals surface area contributed by atoms with Crippen LogP contribution in [0.15, 0.2) is 0 Å². The molecule has 7 nitrogen and oxygen atoms in total. The van der Waals surface area contributed by atoms with E-state index in [9.17, 15) is 9.36 Å². The zero-order valence-corrected chi connectivity index (χ0v) is 29.6. The van der Waals surface area contributed by atoms with E-state index in [4.69, 9.17) is 19.4 Å². The summed E-state index contributed by atoms with van der Waals surface area (Å²) in [7, 11) is -10.0. The normalized spacial score (nSPS) is 13.5. The number of phosphoric acid groups is 1. The molecule has 12 heteroatoms. The minimum absolute atomic E-state index is 0.387. The van der Waals surface area contributed by atoms with Crippen molar-refractivity contribution in [2.45, 2.75) is 143 Å². The Hall–Kier alpha value is 0.858. The Morgan fingerprint density at radius 2 is 0.912 bits per heavy atom. The van der Waals surface area contributed by atoms with E-state index in [1.165, 1.54) is 0 Å². The summed E-state index contributed by atoms with van der Waals surface area (Å²) in [4.78, 5) is 44.2. The molecule has 0 amide bonds. The first-order chi connectivity index (χ1) is 14.6. The topological polar surface area (TPSA) is 127 Å². The van der Waals surface area contributed by atoms with Gasteiger partial charge in [0, 0.05) is 8.07 Å². The van der Waals surface area contributed by atoms with E-state index >= 15 is 0 Å². The van der Waals surface area contributed by atoms with Gasteiger partial charge in [0.25, 0.3) is 0 Å². The zero-order chi connectivity index (χ0) is 28.4. The van der Waals surface area contributed by atoms with E-state index < -0.39 is 40.8 Å². The highest BCUT2D eigenvalue weighted by atomic mass is 31.2. The number of phosphoric ester groups is 1. The van der Waals surface area contributed by atoms with Gasteiger partial charge in [-0.15, -0.1) is 0 Å². The number of hydrogen-bond donors (Lipinski definition) is 5. The lowest BCUT2D eigenvalue weighted by Gasteiger charge is -2.14. The quantitative estimate of drug-likeness (QED) is 0.101. The van der Waals surface area contributed by atoms with E-state index in [0.29, 0.717) is 6.42 Å². The van der Waals surface area contributed by atoms with Crippen LogP contribution in [0.4, 0.5) is 0 Å². The first kappa shape index (κ1) is 42.0. The van der Waals surface area contributed by atoms with Gasteiger partial charge in [-0.05, 0) is 71.8 Å². The van der Waals surface area contributed by atoms with Crippen LogP contribution in [0.1, 0.15) is 51.9 Å². The summed E-state index contributed by atoms with van der Waals surface area (Å²) >= 11 is 0. The minimum Gasteiger partial charge on any atom is -0.433 e. The van der Waals surface area contributed by atoms with Crippen molar-refractivity contribution in [2.75, 3.05) is 0 Å². The van der Waals surface area contributed by atoms with E-state index in [1.54, 1.807) is 6.92 Å². The fourth-order valence-corrected chi connectivity index (χ4v) is 3.67. The summed E-state index contributed by atoms with van der Waals surface area (Å²) in [5.41, 5.74) is 0. The fraction of sp³-hybridized carbons (Fsp3) is 1.00. The van der Waals surface area contributed by atoms with E-state index in [-0.39, 0.29) is 6.10 Å². The lowest BCUT2D eigenvalue weighted by Crippen LogP contribution is -2.23. The molecule has 0 spiro atoms. The Balaban J connectivity index is -0.000000242. The van der Waals surface area contributed by atoms with Crippen LogP contribution < -0.4 is 0 Å². The Morgan fingerprint density at radius 1 is 0.647 bits per heavy atom. The molecule has 0 radical (unpaired) electrons. The van der Waals surface area contributed by atoms with E-state index in [0.717, 1.165) is 44.6 Å². The van der Waals surface area contributed by atoms with Crippen molar-refractivity contribution in [3.63, 3.8) is 0 Å². The number of unbranched alkanes of at least 4 members (excludes halogenated alkanes) is 5. The molecule has 0 bridgehead atoms. The van der Waals surface area contributed by atoms with Crippen molar-refractivity contribution in [1.82, 2.24) is 0 Å². The molecule has 0 saturated heterocycles. The van der Waals surface area contributed by atoms with Gasteiger partial charge >= 0.3 is 7.82 Å². The first-order valence-electron chi connectivity index (χ1n) is 12.5. The first-order valence-corrected chi connectivity index (χ1v) is 28.1. The SMILES string of the molecule is CC(CCCCCCCC[Si](C)(C)O)OP(=O)(O)O.C[Si](C)(C)C.C[Si](C)(C)O.C[Si](C)(C)O. The molecule has 0 aliphatic rings. The molecule has 5 N–H and O–H groups in total. The summed E-state index contributed by atoms with van der Waals surface area (Å²) in [6, 6.07) is 0.972. The summed E-state index contributed by atoms with van der Waals surface area (Å²) in [5, 5.41) is 0. The zero-order valence-electron chi connectivity index (χ0n) is 24.7. The molecule has 0 aromatic carbocycles. The predicted octanol–water partition coefficient (Wildman–Crippen LogP) is 6.99. The van der Waals surface area contributed by atoms with Gasteiger partial charge in [-0.2, -0.15) is 0 Å². The van der Waals surface area contributed by atoms with Crippen molar-refractivity contribution < 1.29 is 33.3 Å². The van der Waals surface area contributed by atoms with Crippen LogP contribution in [0.3, 0.4) is 0 Å². The van der Waals surface area contributed by atoms with Crippen LogP contribution in [-0.4, -0.2) is 63.3 Å². The van der Waals surface area contributed by atoms with Gasteiger partial charge in [-0.1, -0.05) is 64.7 Å². The van der Waals surface area contributed by atoms with Crippen LogP contribution in [0, 0.1) is 0 Å². The third kappa shape index (κ3) is 105. The Kier molecular flexibility index (Phi) is 24.6. The van der Waals surface area contributed by atoms with Gasteiger partial charge in [-0.3, -0.25) is 4.52 Å². The van der Waals surface area contributed by atoms with Crippen LogP contribution in [0.5, 0.6) is 0 Å². The van der Waals surface area contributed by atoms with Gasteiger partial charge in [0.1, 0.15) is 0 Å². The maximum absolute atomic E-state index is 10.6. The Labute approximate surface area is 216 Å². The summed E-state index contributed by atoms with van der Waals surface area (Å²) in [6.45, 7) is 26.2. The molecule has 0 aliphatic carbocycles. The van der Waals surface area contributed by atoms with Crippen molar-refractivity contribution in [2.24, 2.45) is 0 Å². The van der Waals surface area contributed by atoms with Gasteiger partial charge in [0.05, 0.1) is 6.10 Å². The molecule has 0 aromatic rings. The van der Waals surface area contributed by atoms with Gasteiger partial charge in [-0.25, -0.2) is 4.57 Å². The minimum atomic E-state index is -4.33. The summed E-state index contributed by atoms with van der Waals surface area (Å²) in [6.07, 6.45) is 6.85. The monoisotopic (exact) mass is 580 g/mol. The van der Waals surface area contributed by atoms with Crippen LogP contribution in [0.2, 0.25) is 84.6 Å². The maximum atomic E-state index is 10.6. The standard InChI is InChI=1S/C12H29O5PSi.C4H12Si.2C3H10OSi/c1-12(17-18(13,14)15)10-8-6-4-5-7-9-11-19(2,3)16;3*1-5(2,3)4/h12,16H,4-11H2,1-3H3,(H2,13,14,15);1-4H3;2*4H,1-3H3. The van der Waals surface area contributed by atoms with Gasteiger partial charge in [0.15, 0.2) is 25.0 Å². The molecule has 0 rings (SSSR count). The van der Waals surface area contributed by atoms with Crippen molar-refractivity contribution in [3.05, 3.63) is 0 Å². The van der Waals surface area contributed by atoms with Crippen LogP contribution >= 0.6 is 7.82 Å². The molecule has 212 valence electrons. The highest BCUT2D eigenvalue weighted by molar-refractivity contribution is 7.46. The fourth-order valence-electron chi connectivity index (χ4n) is 1.98. The predicted molar refractivity (Wildman–Crippen MR) is 160 cm³/mol. The lowest BCUT2D eigenvalue weighted by atomic mass is 10.1. The molecule has 34 heavy (non-hydrogen) atoms. The van der Waals surface area contributed by atoms with Crippen molar-refractivity contribution >= 4 is 40.8 Å². The molecule has 1 atom stereocenters. The molecule has 0 aromatic heterocycles. The third-order valence-corrected chi connectivity index (χ3v) is 5.18. The molecular weight excluding hydrogens is 520 g/mol. The van der Waals surface area contributed by atoms with Crippen molar-refractivity contribution in [1.29, 1.82) is 0 Å². The average molecular weight is 581 g/mol. The Morgan fingerprint density at radius 3 is 1.18 bits per heavy atom. The van der Waals surface area contributed by atoms with E-state index in [2.05, 4.69) is 30.7 Å². The van der Waals surface area contributed by atoms with Crippen molar-refractivity contribution in [3.8, 4) is 0 Å². The molecular formula is C22H61O7PSi4. The molecule has 1 unspecified atom stereocenters. The highest BCUT2D eigenvalue weighted by Gasteiger charge is 2.18. The van der Waals surface area contributed by atoms with Crippen LogP contribution in [0.25, 0.3) is 0 Å². The van der Waals surface area contributed by atoms with Crippen LogP contribution in [-0.2, 0) is 9.09 Å². The Bertz CT molecular complexity index is 459. The molecule has 0 heterocycles. The number of rotatable bonds is 11. The second kappa shape index (κ2) is 19.9. The average Bonchev–Trinajstić information content (AvgIpc) is 2.41. The molecule has 0 fully saturated rings. The van der Waals surface area contributed by atoms with Gasteiger partial charge in [0.2, 0.25) is 0 Å². The highest BCUT2D eigenvalue weighted by Crippen LogP contribution is 2.38. The lowest BCUT2D eigenvalue weighted by molar-refractivity contribution is 0.136. The summed E-state index contributed by atoms with van der Waals surface area (Å²) in [5.74, 6) is 0.